The molecule has 3 rings (SSSR count). The van der Waals surface area contributed by atoms with Crippen molar-refractivity contribution in [3.05, 3.63) is 48.0 Å². The molecule has 2 atom stereocenters. The van der Waals surface area contributed by atoms with E-state index in [1.54, 1.807) is 16.8 Å². The van der Waals surface area contributed by atoms with Crippen molar-refractivity contribution in [3.63, 3.8) is 0 Å². The summed E-state index contributed by atoms with van der Waals surface area (Å²) in [6.45, 7) is 3.14. The first-order valence-electron chi connectivity index (χ1n) is 7.84. The Morgan fingerprint density at radius 3 is 2.73 bits per heavy atom. The van der Waals surface area contributed by atoms with Gasteiger partial charge in [0.2, 0.25) is 0 Å². The van der Waals surface area contributed by atoms with Crippen LogP contribution < -0.4 is 0 Å². The lowest BCUT2D eigenvalue weighted by Crippen LogP contribution is -2.46. The molecule has 0 amide bonds. The topological polar surface area (TPSA) is 41.3 Å². The lowest BCUT2D eigenvalue weighted by atomic mass is 9.96. The van der Waals surface area contributed by atoms with Gasteiger partial charge in [0, 0.05) is 24.8 Å². The molecule has 1 N–H and O–H groups in total. The monoisotopic (exact) mass is 303 g/mol. The molecule has 22 heavy (non-hydrogen) atoms. The van der Waals surface area contributed by atoms with Crippen LogP contribution in [0, 0.1) is 5.82 Å². The molecule has 0 saturated carbocycles. The molecule has 1 aliphatic heterocycles. The number of hydrogen-bond acceptors (Lipinski definition) is 3. The first kappa shape index (κ1) is 15.2. The first-order chi connectivity index (χ1) is 10.7. The van der Waals surface area contributed by atoms with E-state index in [4.69, 9.17) is 0 Å². The second-order valence-electron chi connectivity index (χ2n) is 6.02. The minimum Gasteiger partial charge on any atom is -0.395 e. The summed E-state index contributed by atoms with van der Waals surface area (Å²) in [6, 6.07) is 8.97. The molecular formula is C17H22FN3O. The van der Waals surface area contributed by atoms with E-state index >= 15 is 0 Å². The summed E-state index contributed by atoms with van der Waals surface area (Å²) in [5.74, 6) is -0.246. The second-order valence-corrected chi connectivity index (χ2v) is 6.02. The number of hydrogen-bond donors (Lipinski definition) is 1. The number of aromatic nitrogens is 2. The molecule has 1 saturated heterocycles. The van der Waals surface area contributed by atoms with E-state index in [0.717, 1.165) is 30.8 Å². The number of benzene rings is 1. The number of aliphatic hydroxyl groups excluding tert-OH is 1. The van der Waals surface area contributed by atoms with Crippen molar-refractivity contribution in [2.24, 2.45) is 0 Å². The summed E-state index contributed by atoms with van der Waals surface area (Å²) < 4.78 is 14.7. The number of aliphatic hydroxyl groups is 1. The van der Waals surface area contributed by atoms with Crippen LogP contribution in [0.15, 0.2) is 36.5 Å². The zero-order valence-electron chi connectivity index (χ0n) is 12.8. The molecule has 2 aromatic rings. The van der Waals surface area contributed by atoms with E-state index in [2.05, 4.69) is 16.9 Å². The minimum atomic E-state index is -0.246. The Hall–Kier alpha value is -1.72. The van der Waals surface area contributed by atoms with Crippen LogP contribution in [-0.2, 0) is 6.54 Å². The molecule has 4 nitrogen and oxygen atoms in total. The van der Waals surface area contributed by atoms with Gasteiger partial charge < -0.3 is 5.11 Å². The van der Waals surface area contributed by atoms with Crippen LogP contribution in [0.3, 0.4) is 0 Å². The second kappa shape index (κ2) is 6.58. The summed E-state index contributed by atoms with van der Waals surface area (Å²) in [5.41, 5.74) is 1.81. The van der Waals surface area contributed by atoms with Crippen LogP contribution >= 0.6 is 0 Å². The maximum absolute atomic E-state index is 13.0. The van der Waals surface area contributed by atoms with E-state index in [-0.39, 0.29) is 18.5 Å². The van der Waals surface area contributed by atoms with Gasteiger partial charge in [-0.05, 0) is 50.1 Å². The fourth-order valence-corrected chi connectivity index (χ4v) is 3.19. The van der Waals surface area contributed by atoms with Crippen LogP contribution in [0.5, 0.6) is 0 Å². The third kappa shape index (κ3) is 3.20. The van der Waals surface area contributed by atoms with Crippen LogP contribution in [0.4, 0.5) is 4.39 Å². The van der Waals surface area contributed by atoms with Gasteiger partial charge in [-0.25, -0.2) is 9.07 Å². The van der Waals surface area contributed by atoms with Crippen LogP contribution in [0.2, 0.25) is 0 Å². The molecule has 2 heterocycles. The smallest absolute Gasteiger partial charge is 0.123 e. The van der Waals surface area contributed by atoms with Crippen LogP contribution in [-0.4, -0.2) is 38.5 Å². The predicted octanol–water partition coefficient (Wildman–Crippen LogP) is 2.75. The minimum absolute atomic E-state index is 0.197. The molecule has 1 fully saturated rings. The highest BCUT2D eigenvalue weighted by Gasteiger charge is 2.27. The first-order valence-corrected chi connectivity index (χ1v) is 7.84. The van der Waals surface area contributed by atoms with E-state index in [0.29, 0.717) is 6.04 Å². The Kier molecular flexibility index (Phi) is 4.55. The zero-order chi connectivity index (χ0) is 15.5. The van der Waals surface area contributed by atoms with E-state index in [9.17, 15) is 9.50 Å². The van der Waals surface area contributed by atoms with Crippen molar-refractivity contribution in [3.8, 4) is 5.69 Å². The van der Waals surface area contributed by atoms with Gasteiger partial charge in [-0.3, -0.25) is 4.90 Å². The molecule has 5 heteroatoms. The van der Waals surface area contributed by atoms with Crippen molar-refractivity contribution < 1.29 is 9.50 Å². The molecule has 0 radical (unpaired) electrons. The van der Waals surface area contributed by atoms with Crippen LogP contribution in [0.1, 0.15) is 31.9 Å². The number of piperidine rings is 1. The molecule has 118 valence electrons. The van der Waals surface area contributed by atoms with Crippen molar-refractivity contribution in [1.29, 1.82) is 0 Å². The number of halogens is 1. The quantitative estimate of drug-likeness (QED) is 0.944. The van der Waals surface area contributed by atoms with Crippen LogP contribution in [0.25, 0.3) is 5.69 Å². The molecule has 2 unspecified atom stereocenters. The Balaban J connectivity index is 1.74. The molecular weight excluding hydrogens is 281 g/mol. The Morgan fingerprint density at radius 1 is 1.23 bits per heavy atom. The fourth-order valence-electron chi connectivity index (χ4n) is 3.19. The molecule has 0 spiro atoms. The summed E-state index contributed by atoms with van der Waals surface area (Å²) in [6.07, 6.45) is 5.27. The van der Waals surface area contributed by atoms with E-state index in [1.807, 2.05) is 12.3 Å². The van der Waals surface area contributed by atoms with E-state index in [1.165, 1.54) is 18.6 Å². The number of rotatable bonds is 4. The highest BCUT2D eigenvalue weighted by molar-refractivity contribution is 5.31. The lowest BCUT2D eigenvalue weighted by molar-refractivity contribution is 0.0441. The SMILES string of the molecule is CC1CCCC(CO)N1Cc1ccn(-c2ccc(F)cc2)n1. The summed E-state index contributed by atoms with van der Waals surface area (Å²) >= 11 is 0. The highest BCUT2D eigenvalue weighted by atomic mass is 19.1. The van der Waals surface area contributed by atoms with Crippen molar-refractivity contribution in [1.82, 2.24) is 14.7 Å². The van der Waals surface area contributed by atoms with Gasteiger partial charge in [-0.2, -0.15) is 5.10 Å². The number of likely N-dealkylation sites (tertiary alicyclic amines) is 1. The molecule has 0 aliphatic carbocycles. The van der Waals surface area contributed by atoms with Gasteiger partial charge in [0.05, 0.1) is 18.0 Å². The Bertz CT molecular complexity index is 611. The van der Waals surface area contributed by atoms with Gasteiger partial charge in [0.25, 0.3) is 0 Å². The summed E-state index contributed by atoms with van der Waals surface area (Å²) in [4.78, 5) is 2.33. The van der Waals surface area contributed by atoms with Gasteiger partial charge in [0.15, 0.2) is 0 Å². The lowest BCUT2D eigenvalue weighted by Gasteiger charge is -2.39. The van der Waals surface area contributed by atoms with Crippen molar-refractivity contribution in [2.45, 2.75) is 44.8 Å². The maximum atomic E-state index is 13.0. The summed E-state index contributed by atoms with van der Waals surface area (Å²) in [7, 11) is 0. The van der Waals surface area contributed by atoms with Gasteiger partial charge >= 0.3 is 0 Å². The Morgan fingerprint density at radius 2 is 2.00 bits per heavy atom. The van der Waals surface area contributed by atoms with Gasteiger partial charge in [-0.15, -0.1) is 0 Å². The van der Waals surface area contributed by atoms with Gasteiger partial charge in [0.1, 0.15) is 5.82 Å². The standard InChI is InChI=1S/C17H22FN3O/c1-13-3-2-4-17(12-22)20(13)11-15-9-10-21(19-15)16-7-5-14(18)6-8-16/h5-10,13,17,22H,2-4,11-12H2,1H3. The van der Waals surface area contributed by atoms with E-state index < -0.39 is 0 Å². The zero-order valence-corrected chi connectivity index (χ0v) is 12.8. The third-order valence-electron chi connectivity index (χ3n) is 4.49. The highest BCUT2D eigenvalue weighted by Crippen LogP contribution is 2.24. The number of nitrogens with zero attached hydrogens (tertiary/aromatic N) is 3. The summed E-state index contributed by atoms with van der Waals surface area (Å²) in [5, 5.41) is 14.1. The third-order valence-corrected chi connectivity index (χ3v) is 4.49. The Labute approximate surface area is 130 Å². The predicted molar refractivity (Wildman–Crippen MR) is 83.3 cm³/mol. The average Bonchev–Trinajstić information content (AvgIpc) is 2.98. The van der Waals surface area contributed by atoms with Gasteiger partial charge in [-0.1, -0.05) is 6.42 Å². The molecule has 1 aromatic carbocycles. The normalized spacial score (nSPS) is 22.9. The molecule has 1 aromatic heterocycles. The molecule has 0 bridgehead atoms. The maximum Gasteiger partial charge on any atom is 0.123 e. The fraction of sp³-hybridized carbons (Fsp3) is 0.471. The van der Waals surface area contributed by atoms with Crippen molar-refractivity contribution >= 4 is 0 Å². The molecule has 1 aliphatic rings. The van der Waals surface area contributed by atoms with Crippen molar-refractivity contribution in [2.75, 3.05) is 6.61 Å². The average molecular weight is 303 g/mol. The largest absolute Gasteiger partial charge is 0.395 e.